The van der Waals surface area contributed by atoms with E-state index in [-0.39, 0.29) is 11.7 Å². The molecule has 110 valence electrons. The van der Waals surface area contributed by atoms with E-state index in [0.717, 1.165) is 12.8 Å². The zero-order chi connectivity index (χ0) is 14.7. The lowest BCUT2D eigenvalue weighted by molar-refractivity contribution is -0.113. The molecule has 2 aromatic rings. The summed E-state index contributed by atoms with van der Waals surface area (Å²) in [6.45, 7) is 0. The van der Waals surface area contributed by atoms with Crippen LogP contribution in [0, 0.1) is 0 Å². The number of rotatable bonds is 6. The third-order valence-corrected chi connectivity index (χ3v) is 4.00. The Morgan fingerprint density at radius 3 is 3.05 bits per heavy atom. The van der Waals surface area contributed by atoms with Gasteiger partial charge in [0.15, 0.2) is 0 Å². The van der Waals surface area contributed by atoms with E-state index in [1.54, 1.807) is 23.9 Å². The van der Waals surface area contributed by atoms with Crippen molar-refractivity contribution in [1.29, 1.82) is 0 Å². The third kappa shape index (κ3) is 3.33. The Kier molecular flexibility index (Phi) is 4.05. The van der Waals surface area contributed by atoms with Crippen molar-refractivity contribution >= 4 is 23.4 Å². The number of aromatic nitrogens is 4. The molecule has 1 aliphatic carbocycles. The van der Waals surface area contributed by atoms with E-state index < -0.39 is 0 Å². The zero-order valence-electron chi connectivity index (χ0n) is 11.5. The number of carbonyl (C=O) groups excluding carboxylic acids is 1. The molecule has 8 heteroatoms. The minimum absolute atomic E-state index is 0.116. The Labute approximate surface area is 126 Å². The molecule has 0 bridgehead atoms. The monoisotopic (exact) mass is 305 g/mol. The Balaban J connectivity index is 1.58. The summed E-state index contributed by atoms with van der Waals surface area (Å²) >= 11 is 1.34. The van der Waals surface area contributed by atoms with Crippen LogP contribution in [-0.2, 0) is 4.79 Å². The van der Waals surface area contributed by atoms with E-state index in [2.05, 4.69) is 20.8 Å². The molecule has 0 unspecified atom stereocenters. The number of amides is 1. The van der Waals surface area contributed by atoms with Gasteiger partial charge in [-0.25, -0.2) is 4.68 Å². The average molecular weight is 305 g/mol. The van der Waals surface area contributed by atoms with Crippen LogP contribution in [0.3, 0.4) is 0 Å². The molecule has 21 heavy (non-hydrogen) atoms. The molecule has 0 saturated heterocycles. The number of para-hydroxylation sites is 2. The van der Waals surface area contributed by atoms with Gasteiger partial charge < -0.3 is 10.1 Å². The fourth-order valence-corrected chi connectivity index (χ4v) is 2.64. The van der Waals surface area contributed by atoms with Gasteiger partial charge in [0.05, 0.1) is 24.6 Å². The van der Waals surface area contributed by atoms with Crippen molar-refractivity contribution in [2.24, 2.45) is 0 Å². The molecule has 1 aromatic carbocycles. The number of anilines is 1. The number of nitrogens with zero attached hydrogens (tertiary/aromatic N) is 4. The smallest absolute Gasteiger partial charge is 0.234 e. The quantitative estimate of drug-likeness (QED) is 0.819. The standard InChI is InChI=1S/C13H15N5O2S/c1-20-11-5-3-2-4-10(11)14-12(19)8-21-13-15-16-17-18(13)9-6-7-9/h2-5,9H,6-8H2,1H3,(H,14,19). The average Bonchev–Trinajstić information content (AvgIpc) is 3.24. The summed E-state index contributed by atoms with van der Waals surface area (Å²) in [5.74, 6) is 0.777. The lowest BCUT2D eigenvalue weighted by Crippen LogP contribution is -2.15. The first-order valence-corrected chi connectivity index (χ1v) is 7.60. The van der Waals surface area contributed by atoms with Gasteiger partial charge in [-0.1, -0.05) is 23.9 Å². The van der Waals surface area contributed by atoms with Crippen LogP contribution in [-0.4, -0.2) is 39.0 Å². The Morgan fingerprint density at radius 1 is 1.48 bits per heavy atom. The van der Waals surface area contributed by atoms with Crippen molar-refractivity contribution in [3.63, 3.8) is 0 Å². The van der Waals surface area contributed by atoms with Crippen LogP contribution in [0.4, 0.5) is 5.69 Å². The first-order valence-electron chi connectivity index (χ1n) is 6.61. The highest BCUT2D eigenvalue weighted by molar-refractivity contribution is 7.99. The minimum Gasteiger partial charge on any atom is -0.495 e. The molecule has 0 atom stereocenters. The predicted molar refractivity (Wildman–Crippen MR) is 78.4 cm³/mol. The summed E-state index contributed by atoms with van der Waals surface area (Å²) in [5.41, 5.74) is 0.660. The Morgan fingerprint density at radius 2 is 2.29 bits per heavy atom. The van der Waals surface area contributed by atoms with Gasteiger partial charge >= 0.3 is 0 Å². The van der Waals surface area contributed by atoms with Crippen molar-refractivity contribution in [1.82, 2.24) is 20.2 Å². The van der Waals surface area contributed by atoms with Gasteiger partial charge in [0.25, 0.3) is 0 Å². The fraction of sp³-hybridized carbons (Fsp3) is 0.385. The second-order valence-corrected chi connectivity index (χ2v) is 5.62. The molecular weight excluding hydrogens is 290 g/mol. The second-order valence-electron chi connectivity index (χ2n) is 4.67. The highest BCUT2D eigenvalue weighted by Crippen LogP contribution is 2.36. The first-order chi connectivity index (χ1) is 10.3. The van der Waals surface area contributed by atoms with Gasteiger partial charge in [0.1, 0.15) is 5.75 Å². The number of tetrazole rings is 1. The van der Waals surface area contributed by atoms with Crippen LogP contribution in [0.5, 0.6) is 5.75 Å². The van der Waals surface area contributed by atoms with E-state index >= 15 is 0 Å². The number of methoxy groups -OCH3 is 1. The molecule has 1 amide bonds. The van der Waals surface area contributed by atoms with Gasteiger partial charge in [-0.2, -0.15) is 0 Å². The molecule has 0 radical (unpaired) electrons. The number of hydrogen-bond donors (Lipinski definition) is 1. The van der Waals surface area contributed by atoms with E-state index in [1.807, 2.05) is 12.1 Å². The van der Waals surface area contributed by atoms with E-state index in [1.165, 1.54) is 11.8 Å². The van der Waals surface area contributed by atoms with Gasteiger partial charge in [-0.05, 0) is 35.4 Å². The number of hydrogen-bond acceptors (Lipinski definition) is 6. The number of nitrogens with one attached hydrogen (secondary N) is 1. The van der Waals surface area contributed by atoms with Crippen LogP contribution in [0.15, 0.2) is 29.4 Å². The maximum Gasteiger partial charge on any atom is 0.234 e. The molecule has 0 aliphatic heterocycles. The molecule has 1 fully saturated rings. The van der Waals surface area contributed by atoms with Crippen LogP contribution in [0.2, 0.25) is 0 Å². The van der Waals surface area contributed by atoms with E-state index in [9.17, 15) is 4.79 Å². The van der Waals surface area contributed by atoms with E-state index in [0.29, 0.717) is 22.6 Å². The number of thioether (sulfide) groups is 1. The highest BCUT2D eigenvalue weighted by atomic mass is 32.2. The lowest BCUT2D eigenvalue weighted by atomic mass is 10.3. The molecule has 1 aliphatic rings. The minimum atomic E-state index is -0.116. The summed E-state index contributed by atoms with van der Waals surface area (Å²) in [4.78, 5) is 12.0. The van der Waals surface area contributed by atoms with Crippen molar-refractivity contribution in [3.8, 4) is 5.75 Å². The largest absolute Gasteiger partial charge is 0.495 e. The molecule has 1 N–H and O–H groups in total. The maximum absolute atomic E-state index is 12.0. The number of ether oxygens (including phenoxy) is 1. The van der Waals surface area contributed by atoms with Gasteiger partial charge in [-0.3, -0.25) is 4.79 Å². The van der Waals surface area contributed by atoms with Crippen LogP contribution in [0.1, 0.15) is 18.9 Å². The summed E-state index contributed by atoms with van der Waals surface area (Å²) in [5, 5.41) is 15.1. The van der Waals surface area contributed by atoms with Crippen molar-refractivity contribution in [2.45, 2.75) is 24.0 Å². The van der Waals surface area contributed by atoms with Crippen molar-refractivity contribution in [3.05, 3.63) is 24.3 Å². The summed E-state index contributed by atoms with van der Waals surface area (Å²) in [6, 6.07) is 7.71. The van der Waals surface area contributed by atoms with Crippen molar-refractivity contribution in [2.75, 3.05) is 18.2 Å². The lowest BCUT2D eigenvalue weighted by Gasteiger charge is -2.09. The van der Waals surface area contributed by atoms with Gasteiger partial charge in [0, 0.05) is 0 Å². The SMILES string of the molecule is COc1ccccc1NC(=O)CSc1nnnn1C1CC1. The Hall–Kier alpha value is -2.09. The normalized spacial score (nSPS) is 14.0. The summed E-state index contributed by atoms with van der Waals surface area (Å²) in [6.07, 6.45) is 2.21. The first kappa shape index (κ1) is 13.9. The molecule has 1 aromatic heterocycles. The zero-order valence-corrected chi connectivity index (χ0v) is 12.3. The molecule has 0 spiro atoms. The fourth-order valence-electron chi connectivity index (χ4n) is 1.89. The molecule has 1 saturated carbocycles. The maximum atomic E-state index is 12.0. The van der Waals surface area contributed by atoms with Crippen molar-refractivity contribution < 1.29 is 9.53 Å². The molecule has 7 nitrogen and oxygen atoms in total. The van der Waals surface area contributed by atoms with Crippen LogP contribution >= 0.6 is 11.8 Å². The topological polar surface area (TPSA) is 81.9 Å². The van der Waals surface area contributed by atoms with Crippen LogP contribution in [0.25, 0.3) is 0 Å². The highest BCUT2D eigenvalue weighted by Gasteiger charge is 2.28. The Bertz CT molecular complexity index is 641. The number of benzene rings is 1. The molecular formula is C13H15N5O2S. The summed E-state index contributed by atoms with van der Waals surface area (Å²) in [7, 11) is 1.57. The van der Waals surface area contributed by atoms with Crippen LogP contribution < -0.4 is 10.1 Å². The molecule has 3 rings (SSSR count). The third-order valence-electron chi connectivity index (χ3n) is 3.07. The van der Waals surface area contributed by atoms with E-state index in [4.69, 9.17) is 4.74 Å². The van der Waals surface area contributed by atoms with Gasteiger partial charge in [-0.15, -0.1) is 5.10 Å². The van der Waals surface area contributed by atoms with Gasteiger partial charge in [0.2, 0.25) is 11.1 Å². The molecule has 1 heterocycles. The second kappa shape index (κ2) is 6.13. The number of carbonyl (C=O) groups is 1. The predicted octanol–water partition coefficient (Wildman–Crippen LogP) is 1.75. The summed E-state index contributed by atoms with van der Waals surface area (Å²) < 4.78 is 6.99.